The zero-order valence-electron chi connectivity index (χ0n) is 11.0. The van der Waals surface area contributed by atoms with Crippen LogP contribution in [0.4, 0.5) is 4.39 Å². The highest BCUT2D eigenvalue weighted by molar-refractivity contribution is 5.95. The van der Waals surface area contributed by atoms with Crippen molar-refractivity contribution in [3.8, 4) is 0 Å². The molecule has 2 nitrogen and oxygen atoms in total. The molecule has 1 amide bonds. The Balaban J connectivity index is 2.04. The maximum atomic E-state index is 13.4. The van der Waals surface area contributed by atoms with Crippen molar-refractivity contribution in [2.45, 2.75) is 20.4 Å². The third kappa shape index (κ3) is 3.19. The molecular formula is C16H16FNO. The Labute approximate surface area is 112 Å². The molecule has 1 N–H and O–H groups in total. The van der Waals surface area contributed by atoms with Gasteiger partial charge in [0.2, 0.25) is 0 Å². The minimum absolute atomic E-state index is 0.140. The van der Waals surface area contributed by atoms with Crippen LogP contribution < -0.4 is 5.32 Å². The number of hydrogen-bond donors (Lipinski definition) is 1. The average molecular weight is 257 g/mol. The van der Waals surface area contributed by atoms with Crippen LogP contribution in [0.5, 0.6) is 0 Å². The first kappa shape index (κ1) is 13.3. The van der Waals surface area contributed by atoms with Crippen LogP contribution in [-0.4, -0.2) is 5.91 Å². The topological polar surface area (TPSA) is 29.1 Å². The molecular weight excluding hydrogens is 241 g/mol. The molecule has 0 aliphatic carbocycles. The number of nitrogens with one attached hydrogen (secondary N) is 1. The Morgan fingerprint density at radius 1 is 1.11 bits per heavy atom. The lowest BCUT2D eigenvalue weighted by atomic mass is 10.1. The summed E-state index contributed by atoms with van der Waals surface area (Å²) in [6.07, 6.45) is 0. The number of carbonyl (C=O) groups excluding carboxylic acids is 1. The van der Waals surface area contributed by atoms with E-state index in [2.05, 4.69) is 5.32 Å². The van der Waals surface area contributed by atoms with Gasteiger partial charge in [-0.25, -0.2) is 4.39 Å². The number of amides is 1. The van der Waals surface area contributed by atoms with Crippen LogP contribution in [0, 0.1) is 19.7 Å². The zero-order chi connectivity index (χ0) is 13.8. The molecule has 0 fully saturated rings. The van der Waals surface area contributed by atoms with Crippen molar-refractivity contribution in [2.75, 3.05) is 0 Å². The fourth-order valence-electron chi connectivity index (χ4n) is 1.85. The van der Waals surface area contributed by atoms with Gasteiger partial charge in [-0.1, -0.05) is 30.3 Å². The van der Waals surface area contributed by atoms with E-state index in [-0.39, 0.29) is 11.7 Å². The lowest BCUT2D eigenvalue weighted by Crippen LogP contribution is -2.23. The average Bonchev–Trinajstić information content (AvgIpc) is 2.40. The molecule has 0 unspecified atom stereocenters. The molecule has 2 rings (SSSR count). The molecule has 2 aromatic rings. The van der Waals surface area contributed by atoms with Crippen LogP contribution >= 0.6 is 0 Å². The minimum atomic E-state index is -0.248. The van der Waals surface area contributed by atoms with Crippen LogP contribution in [0.1, 0.15) is 27.0 Å². The summed E-state index contributed by atoms with van der Waals surface area (Å²) in [6.45, 7) is 3.93. The van der Waals surface area contributed by atoms with Crippen LogP contribution in [-0.2, 0) is 6.54 Å². The van der Waals surface area contributed by atoms with E-state index < -0.39 is 0 Å². The van der Waals surface area contributed by atoms with Crippen LogP contribution in [0.15, 0.2) is 42.5 Å². The summed E-state index contributed by atoms with van der Waals surface area (Å²) in [6, 6.07) is 12.4. The summed E-state index contributed by atoms with van der Waals surface area (Å²) in [5.41, 5.74) is 2.93. The molecule has 0 heterocycles. The van der Waals surface area contributed by atoms with E-state index in [1.807, 2.05) is 31.2 Å². The van der Waals surface area contributed by atoms with Gasteiger partial charge in [0.25, 0.3) is 5.91 Å². The minimum Gasteiger partial charge on any atom is -0.348 e. The molecule has 98 valence electrons. The number of halogens is 1. The molecule has 0 atom stereocenters. The predicted octanol–water partition coefficient (Wildman–Crippen LogP) is 3.37. The molecule has 0 aliphatic heterocycles. The lowest BCUT2D eigenvalue weighted by molar-refractivity contribution is 0.0950. The van der Waals surface area contributed by atoms with Gasteiger partial charge in [-0.3, -0.25) is 4.79 Å². The molecule has 0 saturated carbocycles. The van der Waals surface area contributed by atoms with Crippen molar-refractivity contribution in [3.05, 3.63) is 70.5 Å². The van der Waals surface area contributed by atoms with Gasteiger partial charge < -0.3 is 5.32 Å². The van der Waals surface area contributed by atoms with Gasteiger partial charge in [-0.05, 0) is 42.7 Å². The van der Waals surface area contributed by atoms with Crippen LogP contribution in [0.2, 0.25) is 0 Å². The quantitative estimate of drug-likeness (QED) is 0.897. The van der Waals surface area contributed by atoms with E-state index in [0.29, 0.717) is 17.7 Å². The van der Waals surface area contributed by atoms with E-state index in [1.165, 1.54) is 6.07 Å². The summed E-state index contributed by atoms with van der Waals surface area (Å²) < 4.78 is 13.4. The van der Waals surface area contributed by atoms with Crippen molar-refractivity contribution < 1.29 is 9.18 Å². The first-order valence-corrected chi connectivity index (χ1v) is 6.17. The molecule has 3 heteroatoms. The Morgan fingerprint density at radius 3 is 2.53 bits per heavy atom. The fraction of sp³-hybridized carbons (Fsp3) is 0.188. The second-order valence-electron chi connectivity index (χ2n) is 4.58. The van der Waals surface area contributed by atoms with E-state index in [0.717, 1.165) is 11.1 Å². The maximum Gasteiger partial charge on any atom is 0.251 e. The monoisotopic (exact) mass is 257 g/mol. The first-order valence-electron chi connectivity index (χ1n) is 6.17. The molecule has 2 aromatic carbocycles. The summed E-state index contributed by atoms with van der Waals surface area (Å²) >= 11 is 0. The Hall–Kier alpha value is -2.16. The summed E-state index contributed by atoms with van der Waals surface area (Å²) in [7, 11) is 0. The molecule has 0 aliphatic rings. The number of hydrogen-bond acceptors (Lipinski definition) is 1. The van der Waals surface area contributed by atoms with Crippen molar-refractivity contribution in [1.29, 1.82) is 0 Å². The van der Waals surface area contributed by atoms with Crippen molar-refractivity contribution in [1.82, 2.24) is 5.32 Å². The Bertz CT molecular complexity index is 607. The van der Waals surface area contributed by atoms with E-state index >= 15 is 0 Å². The van der Waals surface area contributed by atoms with E-state index in [4.69, 9.17) is 0 Å². The highest BCUT2D eigenvalue weighted by Crippen LogP contribution is 2.10. The number of rotatable bonds is 3. The standard InChI is InChI=1S/C16H16FNO/c1-11-5-3-4-6-14(11)16(19)18-10-13-8-7-12(2)15(17)9-13/h3-9H,10H2,1-2H3,(H,18,19). The molecule has 0 bridgehead atoms. The summed E-state index contributed by atoms with van der Waals surface area (Å²) in [5, 5.41) is 2.80. The SMILES string of the molecule is Cc1ccc(CNC(=O)c2ccccc2C)cc1F. The number of carbonyl (C=O) groups is 1. The van der Waals surface area contributed by atoms with Gasteiger partial charge in [-0.15, -0.1) is 0 Å². The van der Waals surface area contributed by atoms with Crippen molar-refractivity contribution in [3.63, 3.8) is 0 Å². The van der Waals surface area contributed by atoms with Crippen molar-refractivity contribution >= 4 is 5.91 Å². The maximum absolute atomic E-state index is 13.4. The van der Waals surface area contributed by atoms with Gasteiger partial charge in [0.1, 0.15) is 5.82 Å². The summed E-state index contributed by atoms with van der Waals surface area (Å²) in [5.74, 6) is -0.387. The first-order chi connectivity index (χ1) is 9.08. The van der Waals surface area contributed by atoms with E-state index in [1.54, 1.807) is 19.1 Å². The van der Waals surface area contributed by atoms with Gasteiger partial charge in [0.15, 0.2) is 0 Å². The highest BCUT2D eigenvalue weighted by Gasteiger charge is 2.08. The van der Waals surface area contributed by atoms with E-state index in [9.17, 15) is 9.18 Å². The fourth-order valence-corrected chi connectivity index (χ4v) is 1.85. The Kier molecular flexibility index (Phi) is 3.95. The molecule has 19 heavy (non-hydrogen) atoms. The molecule has 0 spiro atoms. The molecule has 0 saturated heterocycles. The predicted molar refractivity (Wildman–Crippen MR) is 73.5 cm³/mol. The number of benzene rings is 2. The highest BCUT2D eigenvalue weighted by atomic mass is 19.1. The lowest BCUT2D eigenvalue weighted by Gasteiger charge is -2.08. The molecule has 0 radical (unpaired) electrons. The van der Waals surface area contributed by atoms with Crippen molar-refractivity contribution in [2.24, 2.45) is 0 Å². The normalized spacial score (nSPS) is 10.3. The smallest absolute Gasteiger partial charge is 0.251 e. The van der Waals surface area contributed by atoms with Gasteiger partial charge in [-0.2, -0.15) is 0 Å². The number of aryl methyl sites for hydroxylation is 2. The van der Waals surface area contributed by atoms with Crippen LogP contribution in [0.3, 0.4) is 0 Å². The third-order valence-corrected chi connectivity index (χ3v) is 3.08. The second kappa shape index (κ2) is 5.65. The van der Waals surface area contributed by atoms with Gasteiger partial charge >= 0.3 is 0 Å². The Morgan fingerprint density at radius 2 is 1.84 bits per heavy atom. The zero-order valence-corrected chi connectivity index (χ0v) is 11.0. The molecule has 0 aromatic heterocycles. The summed E-state index contributed by atoms with van der Waals surface area (Å²) in [4.78, 5) is 12.0. The van der Waals surface area contributed by atoms with Gasteiger partial charge in [0, 0.05) is 12.1 Å². The second-order valence-corrected chi connectivity index (χ2v) is 4.58. The van der Waals surface area contributed by atoms with Gasteiger partial charge in [0.05, 0.1) is 0 Å². The largest absolute Gasteiger partial charge is 0.348 e. The van der Waals surface area contributed by atoms with Crippen LogP contribution in [0.25, 0.3) is 0 Å². The third-order valence-electron chi connectivity index (χ3n) is 3.08.